The van der Waals surface area contributed by atoms with Crippen LogP contribution in [-0.4, -0.2) is 30.1 Å². The number of benzene rings is 1. The van der Waals surface area contributed by atoms with Crippen LogP contribution in [0.2, 0.25) is 0 Å². The lowest BCUT2D eigenvalue weighted by atomic mass is 10.1. The summed E-state index contributed by atoms with van der Waals surface area (Å²) >= 11 is 0. The number of hydrogen-bond acceptors (Lipinski definition) is 4. The molecule has 0 saturated heterocycles. The van der Waals surface area contributed by atoms with Crippen LogP contribution < -0.4 is 10.6 Å². The Balaban J connectivity index is 2.17. The SMILES string of the molecule is COCC(C)n1c(C)cc(/C=C(/C#N)C(=O)Nc2ccc(NC(=O)C(C)C)cc2)c1C. The molecule has 1 unspecified atom stereocenters. The van der Waals surface area contributed by atoms with E-state index in [2.05, 4.69) is 22.1 Å². The third-order valence-electron chi connectivity index (χ3n) is 4.97. The average molecular weight is 423 g/mol. The predicted molar refractivity (Wildman–Crippen MR) is 123 cm³/mol. The molecule has 0 radical (unpaired) electrons. The van der Waals surface area contributed by atoms with Crippen molar-refractivity contribution in [2.45, 2.75) is 40.7 Å². The van der Waals surface area contributed by atoms with E-state index >= 15 is 0 Å². The molecule has 0 spiro atoms. The number of anilines is 2. The van der Waals surface area contributed by atoms with Gasteiger partial charge in [0.2, 0.25) is 5.91 Å². The lowest BCUT2D eigenvalue weighted by Gasteiger charge is -2.17. The van der Waals surface area contributed by atoms with Crippen molar-refractivity contribution >= 4 is 29.3 Å². The largest absolute Gasteiger partial charge is 0.383 e. The molecular formula is C24H30N4O3. The van der Waals surface area contributed by atoms with Gasteiger partial charge >= 0.3 is 0 Å². The molecule has 31 heavy (non-hydrogen) atoms. The quantitative estimate of drug-likeness (QED) is 0.485. The van der Waals surface area contributed by atoms with Crippen molar-refractivity contribution in [2.75, 3.05) is 24.4 Å². The van der Waals surface area contributed by atoms with Gasteiger partial charge in [-0.25, -0.2) is 0 Å². The first-order valence-electron chi connectivity index (χ1n) is 10.2. The number of nitriles is 1. The number of carbonyl (C=O) groups is 2. The maximum Gasteiger partial charge on any atom is 0.266 e. The molecule has 1 heterocycles. The summed E-state index contributed by atoms with van der Waals surface area (Å²) < 4.78 is 7.38. The Kier molecular flexibility index (Phi) is 8.17. The Labute approximate surface area is 183 Å². The van der Waals surface area contributed by atoms with Gasteiger partial charge in [0.1, 0.15) is 11.6 Å². The van der Waals surface area contributed by atoms with Crippen LogP contribution in [0, 0.1) is 31.1 Å². The van der Waals surface area contributed by atoms with E-state index in [9.17, 15) is 14.9 Å². The Morgan fingerprint density at radius 2 is 1.71 bits per heavy atom. The van der Waals surface area contributed by atoms with Crippen LogP contribution >= 0.6 is 0 Å². The number of aryl methyl sites for hydroxylation is 1. The average Bonchev–Trinajstić information content (AvgIpc) is 3.00. The van der Waals surface area contributed by atoms with Crippen molar-refractivity contribution in [3.05, 3.63) is 52.9 Å². The van der Waals surface area contributed by atoms with Crippen molar-refractivity contribution in [3.8, 4) is 6.07 Å². The summed E-state index contributed by atoms with van der Waals surface area (Å²) in [5, 5.41) is 15.1. The summed E-state index contributed by atoms with van der Waals surface area (Å²) in [5.41, 5.74) is 4.01. The van der Waals surface area contributed by atoms with Crippen LogP contribution in [0.5, 0.6) is 0 Å². The number of aromatic nitrogens is 1. The Morgan fingerprint density at radius 3 is 2.23 bits per heavy atom. The minimum Gasteiger partial charge on any atom is -0.383 e. The molecule has 1 aromatic heterocycles. The topological polar surface area (TPSA) is 96.2 Å². The third-order valence-corrected chi connectivity index (χ3v) is 4.97. The number of nitrogens with one attached hydrogen (secondary N) is 2. The van der Waals surface area contributed by atoms with E-state index < -0.39 is 5.91 Å². The molecule has 1 atom stereocenters. The zero-order valence-corrected chi connectivity index (χ0v) is 18.9. The van der Waals surface area contributed by atoms with E-state index in [0.29, 0.717) is 18.0 Å². The van der Waals surface area contributed by atoms with E-state index in [0.717, 1.165) is 17.0 Å². The van der Waals surface area contributed by atoms with Gasteiger partial charge in [-0.2, -0.15) is 5.26 Å². The second kappa shape index (κ2) is 10.6. The van der Waals surface area contributed by atoms with Gasteiger partial charge in [-0.05, 0) is 62.7 Å². The van der Waals surface area contributed by atoms with Crippen LogP contribution in [0.4, 0.5) is 11.4 Å². The maximum atomic E-state index is 12.6. The standard InChI is InChI=1S/C24H30N4O3/c1-15(2)23(29)26-21-7-9-22(10-8-21)27-24(30)20(13-25)12-19-11-16(3)28(18(19)5)17(4)14-31-6/h7-12,15,17H,14H2,1-6H3,(H,26,29)(H,27,30)/b20-12-. The maximum absolute atomic E-state index is 12.6. The second-order valence-electron chi connectivity index (χ2n) is 7.85. The van der Waals surface area contributed by atoms with Gasteiger partial charge in [-0.15, -0.1) is 0 Å². The first kappa shape index (κ1) is 23.9. The first-order chi connectivity index (χ1) is 14.7. The highest BCUT2D eigenvalue weighted by atomic mass is 16.5. The van der Waals surface area contributed by atoms with E-state index in [-0.39, 0.29) is 23.4 Å². The Hall–Kier alpha value is -3.37. The van der Waals surface area contributed by atoms with Gasteiger partial charge in [0.25, 0.3) is 5.91 Å². The number of ether oxygens (including phenoxy) is 1. The van der Waals surface area contributed by atoms with E-state index in [1.165, 1.54) is 0 Å². The Bertz CT molecular complexity index is 1010. The summed E-state index contributed by atoms with van der Waals surface area (Å²) in [7, 11) is 1.66. The number of nitrogens with zero attached hydrogens (tertiary/aromatic N) is 2. The summed E-state index contributed by atoms with van der Waals surface area (Å²) in [4.78, 5) is 24.4. The molecule has 164 valence electrons. The van der Waals surface area contributed by atoms with Gasteiger partial charge in [0.15, 0.2) is 0 Å². The molecule has 2 amide bonds. The number of rotatable bonds is 8. The Morgan fingerprint density at radius 1 is 1.13 bits per heavy atom. The van der Waals surface area contributed by atoms with Crippen molar-refractivity contribution in [2.24, 2.45) is 5.92 Å². The molecule has 1 aromatic carbocycles. The number of methoxy groups -OCH3 is 1. The van der Waals surface area contributed by atoms with Crippen molar-refractivity contribution in [1.29, 1.82) is 5.26 Å². The molecule has 0 aliphatic heterocycles. The molecule has 0 saturated carbocycles. The third kappa shape index (κ3) is 6.06. The molecule has 2 rings (SSSR count). The minimum absolute atomic E-state index is 0.0110. The van der Waals surface area contributed by atoms with E-state index in [4.69, 9.17) is 4.74 Å². The molecule has 0 fully saturated rings. The van der Waals surface area contributed by atoms with Crippen LogP contribution in [0.3, 0.4) is 0 Å². The fraction of sp³-hybridized carbons (Fsp3) is 0.375. The molecule has 7 heteroatoms. The fourth-order valence-corrected chi connectivity index (χ4v) is 3.37. The number of hydrogen-bond donors (Lipinski definition) is 2. The molecular weight excluding hydrogens is 392 g/mol. The first-order valence-corrected chi connectivity index (χ1v) is 10.2. The van der Waals surface area contributed by atoms with E-state index in [1.807, 2.05) is 39.8 Å². The summed E-state index contributed by atoms with van der Waals surface area (Å²) in [5.74, 6) is -0.692. The smallest absolute Gasteiger partial charge is 0.266 e. The van der Waals surface area contributed by atoms with Gasteiger partial charge in [0.05, 0.1) is 12.6 Å². The molecule has 0 bridgehead atoms. The van der Waals surface area contributed by atoms with Gasteiger partial charge in [-0.1, -0.05) is 13.8 Å². The highest BCUT2D eigenvalue weighted by molar-refractivity contribution is 6.09. The molecule has 0 aliphatic carbocycles. The highest BCUT2D eigenvalue weighted by Crippen LogP contribution is 2.23. The van der Waals surface area contributed by atoms with Gasteiger partial charge < -0.3 is 19.9 Å². The zero-order valence-electron chi connectivity index (χ0n) is 18.9. The van der Waals surface area contributed by atoms with Crippen molar-refractivity contribution in [3.63, 3.8) is 0 Å². The summed E-state index contributed by atoms with van der Waals surface area (Å²) in [6.45, 7) is 10.2. The number of amides is 2. The number of carbonyl (C=O) groups excluding carboxylic acids is 2. The highest BCUT2D eigenvalue weighted by Gasteiger charge is 2.16. The van der Waals surface area contributed by atoms with Crippen LogP contribution in [0.1, 0.15) is 43.8 Å². The van der Waals surface area contributed by atoms with Crippen LogP contribution in [0.15, 0.2) is 35.9 Å². The van der Waals surface area contributed by atoms with Gasteiger partial charge in [-0.3, -0.25) is 9.59 Å². The lowest BCUT2D eigenvalue weighted by Crippen LogP contribution is -2.17. The van der Waals surface area contributed by atoms with Crippen LogP contribution in [0.25, 0.3) is 6.08 Å². The summed E-state index contributed by atoms with van der Waals surface area (Å²) in [6, 6.07) is 10.9. The molecule has 7 nitrogen and oxygen atoms in total. The lowest BCUT2D eigenvalue weighted by molar-refractivity contribution is -0.119. The zero-order chi connectivity index (χ0) is 23.1. The summed E-state index contributed by atoms with van der Waals surface area (Å²) in [6.07, 6.45) is 1.60. The van der Waals surface area contributed by atoms with E-state index in [1.54, 1.807) is 37.5 Å². The molecule has 2 N–H and O–H groups in total. The monoisotopic (exact) mass is 422 g/mol. The predicted octanol–water partition coefficient (Wildman–Crippen LogP) is 4.45. The fourth-order valence-electron chi connectivity index (χ4n) is 3.37. The molecule has 0 aliphatic rings. The second-order valence-corrected chi connectivity index (χ2v) is 7.85. The van der Waals surface area contributed by atoms with Crippen LogP contribution in [-0.2, 0) is 14.3 Å². The molecule has 2 aromatic rings. The van der Waals surface area contributed by atoms with Crippen molar-refractivity contribution < 1.29 is 14.3 Å². The van der Waals surface area contributed by atoms with Gasteiger partial charge in [0, 0.05) is 35.8 Å². The minimum atomic E-state index is -0.490. The normalized spacial score (nSPS) is 12.4. The van der Waals surface area contributed by atoms with Crippen molar-refractivity contribution in [1.82, 2.24) is 4.57 Å².